The monoisotopic (exact) mass is 141 g/mol. The molecule has 0 amide bonds. The van der Waals surface area contributed by atoms with Crippen LogP contribution in [0, 0.1) is 11.3 Å². The van der Waals surface area contributed by atoms with Gasteiger partial charge in [-0.05, 0) is 13.8 Å². The van der Waals surface area contributed by atoms with Gasteiger partial charge in [-0.3, -0.25) is 0 Å². The molecule has 0 aliphatic carbocycles. The largest absolute Gasteiger partial charge is 0.497 e. The van der Waals surface area contributed by atoms with Crippen molar-refractivity contribution in [2.24, 2.45) is 0 Å². The van der Waals surface area contributed by atoms with Gasteiger partial charge in [-0.15, -0.1) is 0 Å². The lowest BCUT2D eigenvalue weighted by Gasteiger charge is -2.08. The molecule has 10 heavy (non-hydrogen) atoms. The van der Waals surface area contributed by atoms with E-state index in [4.69, 9.17) is 15.1 Å². The predicted octanol–water partition coefficient (Wildman–Crippen LogP) is 0.811. The van der Waals surface area contributed by atoms with Gasteiger partial charge in [0.2, 0.25) is 0 Å². The molecule has 0 saturated carbocycles. The maximum absolute atomic E-state index is 8.98. The minimum absolute atomic E-state index is 0.336. The summed E-state index contributed by atoms with van der Waals surface area (Å²) >= 11 is 0. The second kappa shape index (κ2) is 3.91. The highest BCUT2D eigenvalue weighted by molar-refractivity contribution is 5.23. The summed E-state index contributed by atoms with van der Waals surface area (Å²) in [6, 6.07) is 1.89. The van der Waals surface area contributed by atoms with Crippen molar-refractivity contribution in [3.63, 3.8) is 0 Å². The zero-order valence-corrected chi connectivity index (χ0v) is 6.38. The number of nitrogens with zero attached hydrogens (tertiary/aromatic N) is 1. The zero-order valence-electron chi connectivity index (χ0n) is 6.38. The molecule has 56 valence electrons. The molecule has 0 bridgehead atoms. The Labute approximate surface area is 60.5 Å². The van der Waals surface area contributed by atoms with Gasteiger partial charge in [0.1, 0.15) is 11.9 Å². The van der Waals surface area contributed by atoms with Crippen molar-refractivity contribution in [3.05, 3.63) is 11.3 Å². The first kappa shape index (κ1) is 8.99. The van der Waals surface area contributed by atoms with E-state index in [9.17, 15) is 0 Å². The maximum atomic E-state index is 8.98. The van der Waals surface area contributed by atoms with E-state index in [1.165, 1.54) is 7.11 Å². The smallest absolute Gasteiger partial charge is 0.137 e. The Bertz CT molecular complexity index is 177. The molecule has 0 radical (unpaired) electrons. The lowest BCUT2D eigenvalue weighted by molar-refractivity contribution is 0.140. The van der Waals surface area contributed by atoms with Crippen LogP contribution in [0.5, 0.6) is 0 Å². The topological polar surface area (TPSA) is 53.2 Å². The summed E-state index contributed by atoms with van der Waals surface area (Å²) in [7, 11) is 1.43. The van der Waals surface area contributed by atoms with E-state index in [-0.39, 0.29) is 0 Å². The number of hydrogen-bond donors (Lipinski definition) is 1. The van der Waals surface area contributed by atoms with Crippen LogP contribution in [0.25, 0.3) is 0 Å². The van der Waals surface area contributed by atoms with Crippen LogP contribution >= 0.6 is 0 Å². The van der Waals surface area contributed by atoms with Crippen LogP contribution in [0.15, 0.2) is 11.3 Å². The Morgan fingerprint density at radius 1 is 1.70 bits per heavy atom. The van der Waals surface area contributed by atoms with Crippen molar-refractivity contribution >= 4 is 0 Å². The Kier molecular flexibility index (Phi) is 3.52. The van der Waals surface area contributed by atoms with E-state index in [1.807, 2.05) is 6.07 Å². The van der Waals surface area contributed by atoms with Gasteiger partial charge in [0.25, 0.3) is 0 Å². The second-order valence-corrected chi connectivity index (χ2v) is 1.98. The molecular weight excluding hydrogens is 130 g/mol. The third-order valence-electron chi connectivity index (χ3n) is 1.14. The molecule has 0 aromatic heterocycles. The maximum Gasteiger partial charge on any atom is 0.137 e. The van der Waals surface area contributed by atoms with Crippen molar-refractivity contribution in [3.8, 4) is 6.07 Å². The molecule has 3 nitrogen and oxygen atoms in total. The Hall–Kier alpha value is -1.01. The van der Waals surface area contributed by atoms with Crippen molar-refractivity contribution in [2.45, 2.75) is 20.0 Å². The Morgan fingerprint density at radius 3 is 2.30 bits per heavy atom. The van der Waals surface area contributed by atoms with Crippen LogP contribution in [0.3, 0.4) is 0 Å². The standard InChI is InChI=1S/C7H11NO2/c1-5(4-8)7(10-3)6(2)9/h6,9H,1-3H3/b7-5-/t6-/m0/s1. The molecule has 1 N–H and O–H groups in total. The van der Waals surface area contributed by atoms with Crippen LogP contribution in [0.1, 0.15) is 13.8 Å². The molecule has 0 aliphatic heterocycles. The second-order valence-electron chi connectivity index (χ2n) is 1.98. The first-order valence-electron chi connectivity index (χ1n) is 2.96. The highest BCUT2D eigenvalue weighted by Crippen LogP contribution is 2.07. The molecular formula is C7H11NO2. The molecule has 0 spiro atoms. The number of aliphatic hydroxyl groups is 1. The summed E-state index contributed by atoms with van der Waals surface area (Å²) in [5.74, 6) is 0.336. The van der Waals surface area contributed by atoms with Gasteiger partial charge in [0, 0.05) is 0 Å². The molecule has 0 aromatic carbocycles. The van der Waals surface area contributed by atoms with E-state index in [0.29, 0.717) is 11.3 Å². The fourth-order valence-electron chi connectivity index (χ4n) is 0.692. The lowest BCUT2D eigenvalue weighted by atomic mass is 10.2. The van der Waals surface area contributed by atoms with Gasteiger partial charge in [-0.25, -0.2) is 0 Å². The first-order valence-corrected chi connectivity index (χ1v) is 2.96. The molecule has 0 aliphatic rings. The quantitative estimate of drug-likeness (QED) is 0.457. The number of methoxy groups -OCH3 is 1. The van der Waals surface area contributed by atoms with Crippen molar-refractivity contribution in [1.29, 1.82) is 5.26 Å². The molecule has 3 heteroatoms. The number of hydrogen-bond acceptors (Lipinski definition) is 3. The van der Waals surface area contributed by atoms with Crippen molar-refractivity contribution < 1.29 is 9.84 Å². The van der Waals surface area contributed by atoms with Crippen LogP contribution in [-0.4, -0.2) is 18.3 Å². The van der Waals surface area contributed by atoms with Crippen molar-refractivity contribution in [2.75, 3.05) is 7.11 Å². The number of allylic oxidation sites excluding steroid dienone is 1. The minimum atomic E-state index is -0.704. The molecule has 1 atom stereocenters. The van der Waals surface area contributed by atoms with Crippen LogP contribution in [-0.2, 0) is 4.74 Å². The van der Waals surface area contributed by atoms with Crippen molar-refractivity contribution in [1.82, 2.24) is 0 Å². The van der Waals surface area contributed by atoms with Gasteiger partial charge < -0.3 is 9.84 Å². The summed E-state index contributed by atoms with van der Waals surface area (Å²) in [6.45, 7) is 3.16. The number of rotatable bonds is 2. The first-order chi connectivity index (χ1) is 4.63. The lowest BCUT2D eigenvalue weighted by Crippen LogP contribution is -2.08. The fourth-order valence-corrected chi connectivity index (χ4v) is 0.692. The van der Waals surface area contributed by atoms with E-state index in [2.05, 4.69) is 0 Å². The van der Waals surface area contributed by atoms with Crippen LogP contribution in [0.2, 0.25) is 0 Å². The molecule has 0 saturated heterocycles. The zero-order chi connectivity index (χ0) is 8.15. The third kappa shape index (κ3) is 2.08. The minimum Gasteiger partial charge on any atom is -0.497 e. The van der Waals surface area contributed by atoms with Gasteiger partial charge in [0.15, 0.2) is 0 Å². The highest BCUT2D eigenvalue weighted by atomic mass is 16.5. The average molecular weight is 141 g/mol. The Morgan fingerprint density at radius 2 is 2.20 bits per heavy atom. The van der Waals surface area contributed by atoms with Gasteiger partial charge in [0.05, 0.1) is 18.8 Å². The third-order valence-corrected chi connectivity index (χ3v) is 1.14. The summed E-state index contributed by atoms with van der Waals surface area (Å²) in [5, 5.41) is 17.4. The molecule has 0 unspecified atom stereocenters. The van der Waals surface area contributed by atoms with E-state index in [1.54, 1.807) is 13.8 Å². The normalized spacial score (nSPS) is 15.1. The summed E-state index contributed by atoms with van der Waals surface area (Å²) in [4.78, 5) is 0. The van der Waals surface area contributed by atoms with Crippen LogP contribution in [0.4, 0.5) is 0 Å². The number of nitriles is 1. The molecule has 0 rings (SSSR count). The van der Waals surface area contributed by atoms with E-state index in [0.717, 1.165) is 0 Å². The molecule has 0 heterocycles. The van der Waals surface area contributed by atoms with Gasteiger partial charge >= 0.3 is 0 Å². The fraction of sp³-hybridized carbons (Fsp3) is 0.571. The predicted molar refractivity (Wildman–Crippen MR) is 37.0 cm³/mol. The number of ether oxygens (including phenoxy) is 1. The molecule has 0 fully saturated rings. The Balaban J connectivity index is 4.50. The van der Waals surface area contributed by atoms with Crippen LogP contribution < -0.4 is 0 Å². The highest BCUT2D eigenvalue weighted by Gasteiger charge is 2.07. The average Bonchev–Trinajstić information content (AvgIpc) is 1.88. The summed E-state index contributed by atoms with van der Waals surface area (Å²) < 4.78 is 4.77. The van der Waals surface area contributed by atoms with Gasteiger partial charge in [-0.1, -0.05) is 0 Å². The number of aliphatic hydroxyl groups excluding tert-OH is 1. The summed E-state index contributed by atoms with van der Waals surface area (Å²) in [5.41, 5.74) is 0.414. The summed E-state index contributed by atoms with van der Waals surface area (Å²) in [6.07, 6.45) is -0.704. The van der Waals surface area contributed by atoms with E-state index < -0.39 is 6.10 Å². The molecule has 0 aromatic rings. The van der Waals surface area contributed by atoms with E-state index >= 15 is 0 Å². The SMILES string of the molecule is CO/C(=C(/C)C#N)[C@H](C)O. The van der Waals surface area contributed by atoms with Gasteiger partial charge in [-0.2, -0.15) is 5.26 Å².